The number of rotatable bonds is 4. The van der Waals surface area contributed by atoms with Crippen LogP contribution < -0.4 is 5.56 Å². The molecule has 0 saturated carbocycles. The molecule has 7 heteroatoms. The van der Waals surface area contributed by atoms with Crippen molar-refractivity contribution in [3.05, 3.63) is 62.2 Å². The zero-order valence-corrected chi connectivity index (χ0v) is 12.6. The van der Waals surface area contributed by atoms with Gasteiger partial charge < -0.3 is 9.84 Å². The van der Waals surface area contributed by atoms with E-state index in [0.29, 0.717) is 15.9 Å². The van der Waals surface area contributed by atoms with E-state index in [4.69, 9.17) is 9.84 Å². The summed E-state index contributed by atoms with van der Waals surface area (Å²) in [5.41, 5.74) is -0.285. The van der Waals surface area contributed by atoms with Crippen molar-refractivity contribution < 1.29 is 19.0 Å². The first-order valence-corrected chi connectivity index (χ1v) is 6.67. The van der Waals surface area contributed by atoms with E-state index in [9.17, 15) is 14.0 Å². The van der Waals surface area contributed by atoms with E-state index < -0.39 is 17.3 Å². The van der Waals surface area contributed by atoms with Crippen LogP contribution in [0, 0.1) is 5.82 Å². The van der Waals surface area contributed by atoms with Crippen molar-refractivity contribution in [3.8, 4) is 5.69 Å². The summed E-state index contributed by atoms with van der Waals surface area (Å²) in [7, 11) is 1.46. The quantitative estimate of drug-likeness (QED) is 0.915. The fraction of sp³-hybridized carbons (Fsp3) is 0.143. The molecule has 1 aromatic heterocycles. The normalized spacial score (nSPS) is 10.6. The number of aromatic nitrogens is 1. The highest BCUT2D eigenvalue weighted by Gasteiger charge is 2.18. The molecule has 2 rings (SSSR count). The van der Waals surface area contributed by atoms with E-state index in [0.717, 1.165) is 0 Å². The first kappa shape index (κ1) is 15.4. The van der Waals surface area contributed by atoms with E-state index in [1.54, 1.807) is 0 Å². The highest BCUT2D eigenvalue weighted by molar-refractivity contribution is 9.10. The van der Waals surface area contributed by atoms with Gasteiger partial charge in [-0.3, -0.25) is 9.36 Å². The topological polar surface area (TPSA) is 68.5 Å². The molecule has 0 saturated heterocycles. The van der Waals surface area contributed by atoms with Gasteiger partial charge in [0.1, 0.15) is 11.4 Å². The van der Waals surface area contributed by atoms with Crippen molar-refractivity contribution in [2.75, 3.05) is 7.11 Å². The fourth-order valence-electron chi connectivity index (χ4n) is 1.91. The Kier molecular flexibility index (Phi) is 4.54. The van der Waals surface area contributed by atoms with Gasteiger partial charge in [0.15, 0.2) is 0 Å². The Hall–Kier alpha value is -1.99. The average molecular weight is 356 g/mol. The van der Waals surface area contributed by atoms with Crippen molar-refractivity contribution in [2.45, 2.75) is 6.61 Å². The standard InChI is InChI=1S/C14H11BrFNO4/c1-21-7-12-11(15)6-10(14(19)20)13(18)17(12)9-4-2-8(16)3-5-9/h2-6H,7H2,1H3,(H,19,20). The monoisotopic (exact) mass is 355 g/mol. The second kappa shape index (κ2) is 6.19. The van der Waals surface area contributed by atoms with Crippen LogP contribution in [0.5, 0.6) is 0 Å². The number of methoxy groups -OCH3 is 1. The lowest BCUT2D eigenvalue weighted by atomic mass is 10.2. The number of carboxylic acids is 1. The van der Waals surface area contributed by atoms with Crippen LogP contribution in [0.15, 0.2) is 39.6 Å². The zero-order chi connectivity index (χ0) is 15.6. The molecule has 110 valence electrons. The van der Waals surface area contributed by atoms with Gasteiger partial charge in [-0.05, 0) is 46.3 Å². The maximum absolute atomic E-state index is 13.0. The molecule has 2 aromatic rings. The number of halogens is 2. The van der Waals surface area contributed by atoms with E-state index in [2.05, 4.69) is 15.9 Å². The molecule has 0 unspecified atom stereocenters. The van der Waals surface area contributed by atoms with Crippen molar-refractivity contribution in [1.82, 2.24) is 4.57 Å². The predicted octanol–water partition coefficient (Wildman–Crippen LogP) is 2.58. The van der Waals surface area contributed by atoms with Crippen molar-refractivity contribution in [1.29, 1.82) is 0 Å². The van der Waals surface area contributed by atoms with Gasteiger partial charge in [-0.2, -0.15) is 0 Å². The lowest BCUT2D eigenvalue weighted by Crippen LogP contribution is -2.28. The second-order valence-corrected chi connectivity index (χ2v) is 5.06. The maximum Gasteiger partial charge on any atom is 0.341 e. The van der Waals surface area contributed by atoms with Crippen molar-refractivity contribution in [3.63, 3.8) is 0 Å². The third kappa shape index (κ3) is 3.03. The van der Waals surface area contributed by atoms with Gasteiger partial charge in [-0.25, -0.2) is 9.18 Å². The second-order valence-electron chi connectivity index (χ2n) is 4.21. The van der Waals surface area contributed by atoms with Crippen LogP contribution in [0.2, 0.25) is 0 Å². The number of hydrogen-bond donors (Lipinski definition) is 1. The number of benzene rings is 1. The summed E-state index contributed by atoms with van der Waals surface area (Å²) in [5, 5.41) is 9.10. The number of hydrogen-bond acceptors (Lipinski definition) is 3. The summed E-state index contributed by atoms with van der Waals surface area (Å²) in [4.78, 5) is 23.5. The third-order valence-corrected chi connectivity index (χ3v) is 3.53. The molecule has 1 N–H and O–H groups in total. The zero-order valence-electron chi connectivity index (χ0n) is 11.0. The highest BCUT2D eigenvalue weighted by Crippen LogP contribution is 2.21. The minimum Gasteiger partial charge on any atom is -0.477 e. The Labute approximate surface area is 127 Å². The van der Waals surface area contributed by atoms with Gasteiger partial charge in [-0.1, -0.05) is 0 Å². The van der Waals surface area contributed by atoms with Crippen LogP contribution in [0.25, 0.3) is 5.69 Å². The van der Waals surface area contributed by atoms with Crippen LogP contribution >= 0.6 is 15.9 Å². The molecule has 0 bridgehead atoms. The number of aromatic carboxylic acids is 1. The summed E-state index contributed by atoms with van der Waals surface area (Å²) >= 11 is 3.24. The van der Waals surface area contributed by atoms with Gasteiger partial charge in [0.25, 0.3) is 5.56 Å². The molecule has 21 heavy (non-hydrogen) atoms. The lowest BCUT2D eigenvalue weighted by molar-refractivity contribution is 0.0694. The first-order valence-electron chi connectivity index (χ1n) is 5.88. The van der Waals surface area contributed by atoms with E-state index in [1.165, 1.54) is 42.0 Å². The molecular formula is C14H11BrFNO4. The van der Waals surface area contributed by atoms with Gasteiger partial charge in [-0.15, -0.1) is 0 Å². The molecule has 0 aliphatic rings. The average Bonchev–Trinajstić information content (AvgIpc) is 2.44. The molecule has 1 heterocycles. The molecule has 0 amide bonds. The minimum absolute atomic E-state index is 0.0904. The molecule has 0 spiro atoms. The molecular weight excluding hydrogens is 345 g/mol. The van der Waals surface area contributed by atoms with E-state index in [1.807, 2.05) is 0 Å². The number of carbonyl (C=O) groups is 1. The largest absolute Gasteiger partial charge is 0.477 e. The van der Waals surface area contributed by atoms with Crippen LogP contribution in [0.1, 0.15) is 16.1 Å². The first-order chi connectivity index (χ1) is 9.95. The molecule has 0 atom stereocenters. The van der Waals surface area contributed by atoms with Gasteiger partial charge in [0.2, 0.25) is 0 Å². The van der Waals surface area contributed by atoms with Crippen LogP contribution in [-0.4, -0.2) is 22.8 Å². The summed E-state index contributed by atoms with van der Waals surface area (Å²) < 4.78 is 19.7. The Morgan fingerprint density at radius 3 is 2.52 bits per heavy atom. The minimum atomic E-state index is -1.33. The Morgan fingerprint density at radius 1 is 1.38 bits per heavy atom. The van der Waals surface area contributed by atoms with Crippen molar-refractivity contribution in [2.24, 2.45) is 0 Å². The number of ether oxygens (including phenoxy) is 1. The van der Waals surface area contributed by atoms with Gasteiger partial charge in [0, 0.05) is 17.3 Å². The van der Waals surface area contributed by atoms with Crippen LogP contribution in [0.4, 0.5) is 4.39 Å². The molecule has 0 aliphatic heterocycles. The van der Waals surface area contributed by atoms with E-state index in [-0.39, 0.29) is 12.2 Å². The number of pyridine rings is 1. The van der Waals surface area contributed by atoms with Crippen LogP contribution in [-0.2, 0) is 11.3 Å². The summed E-state index contributed by atoms with van der Waals surface area (Å²) in [6.45, 7) is 0.0904. The fourth-order valence-corrected chi connectivity index (χ4v) is 2.43. The summed E-state index contributed by atoms with van der Waals surface area (Å²) in [6, 6.07) is 6.42. The van der Waals surface area contributed by atoms with Gasteiger partial charge >= 0.3 is 5.97 Å². The predicted molar refractivity (Wildman–Crippen MR) is 77.4 cm³/mol. The van der Waals surface area contributed by atoms with Crippen LogP contribution in [0.3, 0.4) is 0 Å². The number of nitrogens with zero attached hydrogens (tertiary/aromatic N) is 1. The Morgan fingerprint density at radius 2 is 2.00 bits per heavy atom. The van der Waals surface area contributed by atoms with Gasteiger partial charge in [0.05, 0.1) is 12.3 Å². The molecule has 1 aromatic carbocycles. The van der Waals surface area contributed by atoms with Crippen molar-refractivity contribution >= 4 is 21.9 Å². The Balaban J connectivity index is 2.79. The van der Waals surface area contributed by atoms with E-state index >= 15 is 0 Å². The molecule has 0 radical (unpaired) electrons. The SMILES string of the molecule is COCc1c(Br)cc(C(=O)O)c(=O)n1-c1ccc(F)cc1. The third-order valence-electron chi connectivity index (χ3n) is 2.85. The molecule has 5 nitrogen and oxygen atoms in total. The molecule has 0 aliphatic carbocycles. The Bertz CT molecular complexity index is 740. The number of carboxylic acid groups (broad SMARTS) is 1. The highest BCUT2D eigenvalue weighted by atomic mass is 79.9. The summed E-state index contributed by atoms with van der Waals surface area (Å²) in [6.07, 6.45) is 0. The summed E-state index contributed by atoms with van der Waals surface area (Å²) in [5.74, 6) is -1.78. The lowest BCUT2D eigenvalue weighted by Gasteiger charge is -2.15. The molecule has 0 fully saturated rings. The maximum atomic E-state index is 13.0. The smallest absolute Gasteiger partial charge is 0.341 e.